The molecule has 0 atom stereocenters. The van der Waals surface area contributed by atoms with Crippen molar-refractivity contribution in [3.8, 4) is 0 Å². The molecule has 0 radical (unpaired) electrons. The van der Waals surface area contributed by atoms with Gasteiger partial charge >= 0.3 is 0 Å². The summed E-state index contributed by atoms with van der Waals surface area (Å²) in [7, 11) is 0. The third kappa shape index (κ3) is 4.36. The standard InChI is InChI=1S/C25H28N2O/c28-25(16-15-21-11-5-10-20-8-1-3-13-23(20)21)26-17-7-19-27-18-6-12-22-9-2-4-14-24(22)27/h1-5,8-11,13-14H,6-7,12,15-19H2,(H,26,28). The molecule has 0 spiro atoms. The molecule has 1 aliphatic heterocycles. The molecule has 1 aliphatic rings. The van der Waals surface area contributed by atoms with Crippen LogP contribution in [0.1, 0.15) is 30.4 Å². The van der Waals surface area contributed by atoms with Crippen molar-refractivity contribution in [3.63, 3.8) is 0 Å². The van der Waals surface area contributed by atoms with E-state index in [2.05, 4.69) is 76.9 Å². The monoisotopic (exact) mass is 372 g/mol. The van der Waals surface area contributed by atoms with Gasteiger partial charge in [-0.2, -0.15) is 0 Å². The molecule has 3 nitrogen and oxygen atoms in total. The minimum atomic E-state index is 0.145. The van der Waals surface area contributed by atoms with Gasteiger partial charge in [0.1, 0.15) is 0 Å². The van der Waals surface area contributed by atoms with Crippen LogP contribution in [0.2, 0.25) is 0 Å². The highest BCUT2D eigenvalue weighted by atomic mass is 16.1. The van der Waals surface area contributed by atoms with Crippen LogP contribution in [-0.2, 0) is 17.6 Å². The minimum absolute atomic E-state index is 0.145. The fraction of sp³-hybridized carbons (Fsp3) is 0.320. The van der Waals surface area contributed by atoms with E-state index in [1.54, 1.807) is 0 Å². The van der Waals surface area contributed by atoms with Gasteiger partial charge < -0.3 is 10.2 Å². The van der Waals surface area contributed by atoms with Crippen molar-refractivity contribution in [2.45, 2.75) is 32.1 Å². The number of amides is 1. The molecule has 28 heavy (non-hydrogen) atoms. The Hall–Kier alpha value is -2.81. The van der Waals surface area contributed by atoms with Gasteiger partial charge in [-0.15, -0.1) is 0 Å². The highest BCUT2D eigenvalue weighted by molar-refractivity contribution is 5.86. The summed E-state index contributed by atoms with van der Waals surface area (Å²) in [6.45, 7) is 2.86. The summed E-state index contributed by atoms with van der Waals surface area (Å²) >= 11 is 0. The Morgan fingerprint density at radius 3 is 2.75 bits per heavy atom. The van der Waals surface area contributed by atoms with Crippen molar-refractivity contribution >= 4 is 22.4 Å². The van der Waals surface area contributed by atoms with Crippen LogP contribution in [0.4, 0.5) is 5.69 Å². The van der Waals surface area contributed by atoms with Gasteiger partial charge in [0, 0.05) is 31.7 Å². The molecule has 3 aromatic carbocycles. The van der Waals surface area contributed by atoms with Gasteiger partial charge in [-0.1, -0.05) is 60.7 Å². The Labute approximate surface area is 167 Å². The smallest absolute Gasteiger partial charge is 0.220 e. The molecule has 0 aliphatic carbocycles. The Kier molecular flexibility index (Phi) is 5.91. The number of aryl methyl sites for hydroxylation is 2. The first kappa shape index (κ1) is 18.5. The van der Waals surface area contributed by atoms with Crippen LogP contribution in [0.3, 0.4) is 0 Å². The summed E-state index contributed by atoms with van der Waals surface area (Å²) in [6, 6.07) is 23.4. The lowest BCUT2D eigenvalue weighted by molar-refractivity contribution is -0.121. The van der Waals surface area contributed by atoms with Crippen LogP contribution in [0.5, 0.6) is 0 Å². The maximum Gasteiger partial charge on any atom is 0.220 e. The van der Waals surface area contributed by atoms with E-state index in [9.17, 15) is 4.79 Å². The van der Waals surface area contributed by atoms with Gasteiger partial charge in [0.2, 0.25) is 5.91 Å². The second-order valence-corrected chi connectivity index (χ2v) is 7.56. The minimum Gasteiger partial charge on any atom is -0.371 e. The normalized spacial score (nSPS) is 13.4. The first-order chi connectivity index (χ1) is 13.8. The lowest BCUT2D eigenvalue weighted by atomic mass is 10.0. The van der Waals surface area contributed by atoms with E-state index in [-0.39, 0.29) is 5.91 Å². The van der Waals surface area contributed by atoms with Crippen LogP contribution in [0.15, 0.2) is 66.7 Å². The third-order valence-corrected chi connectivity index (χ3v) is 5.63. The molecule has 1 N–H and O–H groups in total. The molecule has 1 amide bonds. The number of hydrogen-bond acceptors (Lipinski definition) is 2. The summed E-state index contributed by atoms with van der Waals surface area (Å²) in [5, 5.41) is 5.59. The number of fused-ring (bicyclic) bond motifs is 2. The van der Waals surface area contributed by atoms with Crippen molar-refractivity contribution < 1.29 is 4.79 Å². The van der Waals surface area contributed by atoms with Crippen LogP contribution in [-0.4, -0.2) is 25.5 Å². The highest BCUT2D eigenvalue weighted by Crippen LogP contribution is 2.26. The number of para-hydroxylation sites is 1. The summed E-state index contributed by atoms with van der Waals surface area (Å²) < 4.78 is 0. The van der Waals surface area contributed by atoms with Crippen LogP contribution < -0.4 is 10.2 Å². The van der Waals surface area contributed by atoms with E-state index in [1.807, 2.05) is 0 Å². The van der Waals surface area contributed by atoms with Gasteiger partial charge in [-0.3, -0.25) is 4.79 Å². The van der Waals surface area contributed by atoms with Gasteiger partial charge in [-0.25, -0.2) is 0 Å². The number of rotatable bonds is 7. The fourth-order valence-electron chi connectivity index (χ4n) is 4.19. The number of carbonyl (C=O) groups is 1. The van der Waals surface area contributed by atoms with Crippen molar-refractivity contribution in [1.29, 1.82) is 0 Å². The molecule has 0 bridgehead atoms. The zero-order valence-electron chi connectivity index (χ0n) is 16.4. The molecular formula is C25H28N2O. The van der Waals surface area contributed by atoms with E-state index >= 15 is 0 Å². The number of anilines is 1. The zero-order chi connectivity index (χ0) is 19.2. The third-order valence-electron chi connectivity index (χ3n) is 5.63. The molecule has 1 heterocycles. The second kappa shape index (κ2) is 8.92. The van der Waals surface area contributed by atoms with E-state index in [0.717, 1.165) is 32.5 Å². The van der Waals surface area contributed by atoms with Crippen molar-refractivity contribution in [2.75, 3.05) is 24.5 Å². The number of nitrogens with zero attached hydrogens (tertiary/aromatic N) is 1. The summed E-state index contributed by atoms with van der Waals surface area (Å²) in [6.07, 6.45) is 4.70. The largest absolute Gasteiger partial charge is 0.371 e. The number of nitrogens with one attached hydrogen (secondary N) is 1. The molecule has 0 saturated carbocycles. The van der Waals surface area contributed by atoms with Gasteiger partial charge in [0.05, 0.1) is 0 Å². The Morgan fingerprint density at radius 1 is 0.964 bits per heavy atom. The molecular weight excluding hydrogens is 344 g/mol. The van der Waals surface area contributed by atoms with Crippen LogP contribution in [0.25, 0.3) is 10.8 Å². The summed E-state index contributed by atoms with van der Waals surface area (Å²) in [5.74, 6) is 0.145. The summed E-state index contributed by atoms with van der Waals surface area (Å²) in [5.41, 5.74) is 4.07. The highest BCUT2D eigenvalue weighted by Gasteiger charge is 2.15. The van der Waals surface area contributed by atoms with E-state index in [4.69, 9.17) is 0 Å². The first-order valence-corrected chi connectivity index (χ1v) is 10.4. The van der Waals surface area contributed by atoms with Crippen molar-refractivity contribution in [2.24, 2.45) is 0 Å². The Morgan fingerprint density at radius 2 is 1.79 bits per heavy atom. The van der Waals surface area contributed by atoms with E-state index < -0.39 is 0 Å². The van der Waals surface area contributed by atoms with Crippen LogP contribution in [0, 0.1) is 0 Å². The topological polar surface area (TPSA) is 32.3 Å². The average molecular weight is 373 g/mol. The quantitative estimate of drug-likeness (QED) is 0.608. The Bertz CT molecular complexity index is 945. The lowest BCUT2D eigenvalue weighted by Gasteiger charge is -2.31. The predicted octanol–water partition coefficient (Wildman–Crippen LogP) is 4.73. The molecule has 4 rings (SSSR count). The Balaban J connectivity index is 1.22. The number of carbonyl (C=O) groups excluding carboxylic acids is 1. The molecule has 3 aromatic rings. The SMILES string of the molecule is O=C(CCc1cccc2ccccc12)NCCCN1CCCc2ccccc21. The molecule has 0 saturated heterocycles. The van der Waals surface area contributed by atoms with Crippen LogP contribution >= 0.6 is 0 Å². The van der Waals surface area contributed by atoms with Crippen molar-refractivity contribution in [3.05, 3.63) is 77.9 Å². The summed E-state index contributed by atoms with van der Waals surface area (Å²) in [4.78, 5) is 14.7. The van der Waals surface area contributed by atoms with Gasteiger partial charge in [0.25, 0.3) is 0 Å². The van der Waals surface area contributed by atoms with E-state index in [0.29, 0.717) is 6.42 Å². The maximum absolute atomic E-state index is 12.3. The molecule has 144 valence electrons. The molecule has 3 heteroatoms. The van der Waals surface area contributed by atoms with Gasteiger partial charge in [-0.05, 0) is 53.6 Å². The number of hydrogen-bond donors (Lipinski definition) is 1. The molecule has 0 aromatic heterocycles. The lowest BCUT2D eigenvalue weighted by Crippen LogP contribution is -2.33. The van der Waals surface area contributed by atoms with Crippen molar-refractivity contribution in [1.82, 2.24) is 5.32 Å². The van der Waals surface area contributed by atoms with Gasteiger partial charge in [0.15, 0.2) is 0 Å². The van der Waals surface area contributed by atoms with E-state index in [1.165, 1.54) is 40.4 Å². The average Bonchev–Trinajstić information content (AvgIpc) is 2.75. The molecule has 0 fully saturated rings. The predicted molar refractivity (Wildman–Crippen MR) is 117 cm³/mol. The first-order valence-electron chi connectivity index (χ1n) is 10.4. The number of benzene rings is 3. The fourth-order valence-corrected chi connectivity index (χ4v) is 4.19. The zero-order valence-corrected chi connectivity index (χ0v) is 16.4. The second-order valence-electron chi connectivity index (χ2n) is 7.56. The molecule has 0 unspecified atom stereocenters. The maximum atomic E-state index is 12.3.